The third kappa shape index (κ3) is 5.12. The number of hydrogen-bond donors (Lipinski definition) is 0. The van der Waals surface area contributed by atoms with Crippen molar-refractivity contribution >= 4 is 0 Å². The number of ether oxygens (including phenoxy) is 1. The lowest BCUT2D eigenvalue weighted by molar-refractivity contribution is 0.179. The molecule has 3 rings (SSSR count). The Kier molecular flexibility index (Phi) is 5.96. The molecule has 1 nitrogen and oxygen atoms in total. The summed E-state index contributed by atoms with van der Waals surface area (Å²) in [5.74, 6) is 2.66. The lowest BCUT2D eigenvalue weighted by Gasteiger charge is -2.28. The van der Waals surface area contributed by atoms with Crippen LogP contribution in [0.3, 0.4) is 0 Å². The van der Waals surface area contributed by atoms with E-state index in [4.69, 9.17) is 4.74 Å². The molecule has 0 N–H and O–H groups in total. The maximum Gasteiger partial charge on any atom is 0.119 e. The van der Waals surface area contributed by atoms with Gasteiger partial charge >= 0.3 is 0 Å². The zero-order valence-corrected chi connectivity index (χ0v) is 15.1. The summed E-state index contributed by atoms with van der Waals surface area (Å²) in [7, 11) is 0. The van der Waals surface area contributed by atoms with Crippen LogP contribution in [0.1, 0.15) is 48.8 Å². The maximum atomic E-state index is 5.98. The molecule has 1 saturated carbocycles. The van der Waals surface area contributed by atoms with Crippen LogP contribution < -0.4 is 4.74 Å². The second-order valence-corrected chi connectivity index (χ2v) is 7.54. The second kappa shape index (κ2) is 8.37. The molecular weight excluding hydrogens is 292 g/mol. The van der Waals surface area contributed by atoms with Crippen molar-refractivity contribution in [3.8, 4) is 5.75 Å². The summed E-state index contributed by atoms with van der Waals surface area (Å²) in [6, 6.07) is 17.5. The molecule has 0 aromatic heterocycles. The van der Waals surface area contributed by atoms with Gasteiger partial charge in [-0.1, -0.05) is 60.4 Å². The fourth-order valence-corrected chi connectivity index (χ4v) is 3.66. The summed E-state index contributed by atoms with van der Waals surface area (Å²) < 4.78 is 5.98. The highest BCUT2D eigenvalue weighted by Crippen LogP contribution is 2.32. The normalized spacial score (nSPS) is 20.8. The quantitative estimate of drug-likeness (QED) is 0.622. The van der Waals surface area contributed by atoms with Crippen molar-refractivity contribution in [2.45, 2.75) is 52.4 Å². The zero-order chi connectivity index (χ0) is 16.8. The highest BCUT2D eigenvalue weighted by molar-refractivity contribution is 5.26. The predicted molar refractivity (Wildman–Crippen MR) is 102 cm³/mol. The predicted octanol–water partition coefficient (Wildman–Crippen LogP) is 6.12. The molecule has 0 bridgehead atoms. The first-order chi connectivity index (χ1) is 11.7. The Balaban J connectivity index is 1.36. The van der Waals surface area contributed by atoms with Crippen molar-refractivity contribution in [1.82, 2.24) is 0 Å². The van der Waals surface area contributed by atoms with E-state index in [1.807, 2.05) is 0 Å². The van der Waals surface area contributed by atoms with Crippen LogP contribution in [0.5, 0.6) is 5.75 Å². The number of rotatable bonds is 6. The van der Waals surface area contributed by atoms with E-state index in [2.05, 4.69) is 62.4 Å². The van der Waals surface area contributed by atoms with Gasteiger partial charge in [0, 0.05) is 0 Å². The molecular formula is C23H30O. The van der Waals surface area contributed by atoms with E-state index in [9.17, 15) is 0 Å². The summed E-state index contributed by atoms with van der Waals surface area (Å²) in [4.78, 5) is 0. The van der Waals surface area contributed by atoms with Gasteiger partial charge in [-0.3, -0.25) is 0 Å². The summed E-state index contributed by atoms with van der Waals surface area (Å²) >= 11 is 0. The fraction of sp³-hybridized carbons (Fsp3) is 0.478. The molecule has 0 heterocycles. The Hall–Kier alpha value is -1.76. The first-order valence-electron chi connectivity index (χ1n) is 9.44. The summed E-state index contributed by atoms with van der Waals surface area (Å²) in [6.45, 7) is 5.15. The van der Waals surface area contributed by atoms with Crippen molar-refractivity contribution in [2.24, 2.45) is 11.8 Å². The Labute approximate surface area is 147 Å². The third-order valence-electron chi connectivity index (χ3n) is 5.43. The Morgan fingerprint density at radius 3 is 1.92 bits per heavy atom. The number of benzene rings is 2. The average Bonchev–Trinajstić information content (AvgIpc) is 2.62. The fourth-order valence-electron chi connectivity index (χ4n) is 3.66. The van der Waals surface area contributed by atoms with Gasteiger partial charge in [-0.2, -0.15) is 0 Å². The average molecular weight is 322 g/mol. The molecule has 1 heteroatoms. The molecule has 2 aromatic carbocycles. The van der Waals surface area contributed by atoms with Crippen LogP contribution in [0.4, 0.5) is 0 Å². The van der Waals surface area contributed by atoms with Crippen LogP contribution in [0, 0.1) is 25.7 Å². The molecule has 2 aromatic rings. The van der Waals surface area contributed by atoms with Crippen LogP contribution >= 0.6 is 0 Å². The summed E-state index contributed by atoms with van der Waals surface area (Å²) in [5.41, 5.74) is 4.13. The van der Waals surface area contributed by atoms with Crippen LogP contribution in [-0.2, 0) is 6.42 Å². The number of aryl methyl sites for hydroxylation is 3. The molecule has 0 amide bonds. The minimum Gasteiger partial charge on any atom is -0.493 e. The molecule has 0 radical (unpaired) electrons. The monoisotopic (exact) mass is 322 g/mol. The van der Waals surface area contributed by atoms with Crippen molar-refractivity contribution in [3.05, 3.63) is 65.2 Å². The van der Waals surface area contributed by atoms with Gasteiger partial charge in [-0.25, -0.2) is 0 Å². The van der Waals surface area contributed by atoms with E-state index in [1.54, 1.807) is 0 Å². The van der Waals surface area contributed by atoms with E-state index in [0.717, 1.165) is 24.2 Å². The van der Waals surface area contributed by atoms with Gasteiger partial charge in [0.15, 0.2) is 0 Å². The van der Waals surface area contributed by atoms with E-state index in [0.29, 0.717) is 0 Å². The molecule has 0 spiro atoms. The van der Waals surface area contributed by atoms with Crippen molar-refractivity contribution in [2.75, 3.05) is 6.61 Å². The van der Waals surface area contributed by atoms with Gasteiger partial charge in [0.2, 0.25) is 0 Å². The third-order valence-corrected chi connectivity index (χ3v) is 5.43. The van der Waals surface area contributed by atoms with Crippen LogP contribution in [-0.4, -0.2) is 6.61 Å². The topological polar surface area (TPSA) is 9.23 Å². The van der Waals surface area contributed by atoms with Gasteiger partial charge in [0.25, 0.3) is 0 Å². The second-order valence-electron chi connectivity index (χ2n) is 7.54. The standard InChI is InChI=1S/C23H30O/c1-18-3-7-20(8-4-18)9-10-21-11-13-22(14-12-21)17-24-23-15-5-19(2)6-16-23/h3-8,15-16,21-22H,9-14,17H2,1-2H3. The molecule has 1 aliphatic carbocycles. The van der Waals surface area contributed by atoms with Gasteiger partial charge in [0.1, 0.15) is 5.75 Å². The van der Waals surface area contributed by atoms with Crippen molar-refractivity contribution < 1.29 is 4.74 Å². The minimum atomic E-state index is 0.738. The van der Waals surface area contributed by atoms with E-state index < -0.39 is 0 Å². The minimum absolute atomic E-state index is 0.738. The summed E-state index contributed by atoms with van der Waals surface area (Å²) in [5, 5.41) is 0. The Morgan fingerprint density at radius 1 is 0.750 bits per heavy atom. The first kappa shape index (κ1) is 17.1. The van der Waals surface area contributed by atoms with Crippen molar-refractivity contribution in [1.29, 1.82) is 0 Å². The highest BCUT2D eigenvalue weighted by Gasteiger charge is 2.21. The van der Waals surface area contributed by atoms with Crippen LogP contribution in [0.2, 0.25) is 0 Å². The lowest BCUT2D eigenvalue weighted by atomic mass is 9.80. The SMILES string of the molecule is Cc1ccc(CCC2CCC(COc3ccc(C)cc3)CC2)cc1. The van der Waals surface area contributed by atoms with Gasteiger partial charge < -0.3 is 4.74 Å². The molecule has 0 aliphatic heterocycles. The van der Waals surface area contributed by atoms with E-state index in [-0.39, 0.29) is 0 Å². The van der Waals surface area contributed by atoms with Crippen LogP contribution in [0.15, 0.2) is 48.5 Å². The van der Waals surface area contributed by atoms with Gasteiger partial charge in [-0.15, -0.1) is 0 Å². The largest absolute Gasteiger partial charge is 0.493 e. The van der Waals surface area contributed by atoms with Crippen LogP contribution in [0.25, 0.3) is 0 Å². The maximum absolute atomic E-state index is 5.98. The lowest BCUT2D eigenvalue weighted by Crippen LogP contribution is -2.20. The summed E-state index contributed by atoms with van der Waals surface area (Å²) in [6.07, 6.45) is 7.96. The molecule has 1 fully saturated rings. The molecule has 24 heavy (non-hydrogen) atoms. The molecule has 0 atom stereocenters. The van der Waals surface area contributed by atoms with Gasteiger partial charge in [0.05, 0.1) is 6.61 Å². The smallest absolute Gasteiger partial charge is 0.119 e. The number of hydrogen-bond acceptors (Lipinski definition) is 1. The Bertz CT molecular complexity index is 546. The van der Waals surface area contributed by atoms with Gasteiger partial charge in [-0.05, 0) is 69.1 Å². The zero-order valence-electron chi connectivity index (χ0n) is 15.1. The van der Waals surface area contributed by atoms with Crippen molar-refractivity contribution in [3.63, 3.8) is 0 Å². The first-order valence-corrected chi connectivity index (χ1v) is 9.44. The molecule has 0 unspecified atom stereocenters. The molecule has 0 saturated heterocycles. The van der Waals surface area contributed by atoms with E-state index in [1.165, 1.54) is 55.2 Å². The highest BCUT2D eigenvalue weighted by atomic mass is 16.5. The molecule has 128 valence electrons. The van der Waals surface area contributed by atoms with E-state index >= 15 is 0 Å². The molecule has 1 aliphatic rings. The Morgan fingerprint density at radius 2 is 1.29 bits per heavy atom.